The summed E-state index contributed by atoms with van der Waals surface area (Å²) in [5, 5.41) is 7.87. The minimum absolute atomic E-state index is 1.09. The SMILES string of the molecule is c1ccc(N2c3ccccc3N(c3ccc([Si](c4ccccc4)(c4ccccc4)c4ccccc4)cc3)c3cccc4c5ccccc5n(c34)-c3ccccc32)cc1. The van der Waals surface area contributed by atoms with E-state index in [9.17, 15) is 0 Å². The topological polar surface area (TPSA) is 11.4 Å². The van der Waals surface area contributed by atoms with Crippen molar-refractivity contribution in [1.29, 1.82) is 0 Å². The zero-order valence-corrected chi connectivity index (χ0v) is 32.9. The Bertz CT molecular complexity index is 2960. The normalized spacial score (nSPS) is 12.4. The molecule has 10 aromatic rings. The molecule has 0 saturated heterocycles. The Kier molecular flexibility index (Phi) is 8.16. The molecule has 0 amide bonds. The number of benzene rings is 9. The molecule has 0 radical (unpaired) electrons. The van der Waals surface area contributed by atoms with Crippen LogP contribution in [-0.2, 0) is 0 Å². The van der Waals surface area contributed by atoms with Crippen molar-refractivity contribution in [1.82, 2.24) is 4.57 Å². The summed E-state index contributed by atoms with van der Waals surface area (Å²) in [5.41, 5.74) is 10.1. The number of aromatic nitrogens is 1. The van der Waals surface area contributed by atoms with Gasteiger partial charge in [-0.3, -0.25) is 0 Å². The van der Waals surface area contributed by atoms with Gasteiger partial charge in [0.1, 0.15) is 0 Å². The molecule has 0 aliphatic carbocycles. The molecule has 0 spiro atoms. The second-order valence-electron chi connectivity index (χ2n) is 14.9. The van der Waals surface area contributed by atoms with E-state index in [1.807, 2.05) is 0 Å². The number of rotatable bonds is 6. The summed E-state index contributed by atoms with van der Waals surface area (Å²) in [7, 11) is -2.73. The van der Waals surface area contributed by atoms with Crippen molar-refractivity contribution in [2.75, 3.05) is 9.80 Å². The number of anilines is 6. The van der Waals surface area contributed by atoms with Crippen molar-refractivity contribution in [3.63, 3.8) is 0 Å². The fraction of sp³-hybridized carbons (Fsp3) is 0. The monoisotopic (exact) mass is 757 g/mol. The van der Waals surface area contributed by atoms with Crippen molar-refractivity contribution in [3.05, 3.63) is 237 Å². The standard InChI is InChI=1S/C54H39N3Si/c1-5-20-40(21-6-1)55-49-31-15-16-32-50(49)56(53-35-19-29-47-46-28-13-14-30-48(46)57(54(47)53)52-34-18-17-33-51(52)55)41-36-38-45(39-37-41)58(42-22-7-2-8-23-42,43-24-9-3-10-25-43)44-26-11-4-12-27-44/h1-39H. The first kappa shape index (κ1) is 33.9. The van der Waals surface area contributed by atoms with E-state index in [0.717, 1.165) is 39.8 Å². The third kappa shape index (κ3) is 5.19. The first-order valence-corrected chi connectivity index (χ1v) is 22.0. The van der Waals surface area contributed by atoms with E-state index in [-0.39, 0.29) is 0 Å². The summed E-state index contributed by atoms with van der Waals surface area (Å²) in [4.78, 5) is 4.91. The van der Waals surface area contributed by atoms with E-state index >= 15 is 0 Å². The molecule has 2 heterocycles. The summed E-state index contributed by atoms with van der Waals surface area (Å²) >= 11 is 0. The van der Waals surface area contributed by atoms with Crippen molar-refractivity contribution < 1.29 is 0 Å². The third-order valence-electron chi connectivity index (χ3n) is 11.8. The van der Waals surface area contributed by atoms with Crippen LogP contribution in [-0.4, -0.2) is 12.6 Å². The molecule has 0 atom stereocenters. The van der Waals surface area contributed by atoms with E-state index in [2.05, 4.69) is 251 Å². The molecule has 3 nitrogen and oxygen atoms in total. The number of hydrogen-bond acceptors (Lipinski definition) is 2. The van der Waals surface area contributed by atoms with Crippen LogP contribution in [0.25, 0.3) is 27.5 Å². The highest BCUT2D eigenvalue weighted by molar-refractivity contribution is 7.19. The van der Waals surface area contributed by atoms with Gasteiger partial charge in [0.2, 0.25) is 0 Å². The molecule has 0 N–H and O–H groups in total. The van der Waals surface area contributed by atoms with Crippen LogP contribution < -0.4 is 30.5 Å². The van der Waals surface area contributed by atoms with Crippen molar-refractivity contribution >= 4 is 84.8 Å². The third-order valence-corrected chi connectivity index (χ3v) is 16.6. The van der Waals surface area contributed by atoms with Gasteiger partial charge in [0.25, 0.3) is 0 Å². The molecular weight excluding hydrogens is 719 g/mol. The fourth-order valence-corrected chi connectivity index (χ4v) is 14.2. The fourth-order valence-electron chi connectivity index (χ4n) is 9.43. The molecule has 274 valence electrons. The van der Waals surface area contributed by atoms with E-state index in [1.165, 1.54) is 42.6 Å². The number of fused-ring (bicyclic) bond motifs is 6. The van der Waals surface area contributed by atoms with Crippen LogP contribution >= 0.6 is 0 Å². The Hall–Kier alpha value is -7.40. The van der Waals surface area contributed by atoms with Crippen molar-refractivity contribution in [2.45, 2.75) is 0 Å². The maximum Gasteiger partial charge on any atom is 0.179 e. The van der Waals surface area contributed by atoms with Crippen LogP contribution in [0.2, 0.25) is 0 Å². The summed E-state index contributed by atoms with van der Waals surface area (Å²) in [6, 6.07) is 87.1. The molecule has 1 aliphatic heterocycles. The van der Waals surface area contributed by atoms with Crippen LogP contribution in [0.4, 0.5) is 34.1 Å². The Morgan fingerprint density at radius 1 is 0.259 bits per heavy atom. The van der Waals surface area contributed by atoms with E-state index in [4.69, 9.17) is 0 Å². The largest absolute Gasteiger partial charge is 0.306 e. The molecule has 9 aromatic carbocycles. The zero-order valence-electron chi connectivity index (χ0n) is 31.9. The molecular formula is C54H39N3Si. The highest BCUT2D eigenvalue weighted by Crippen LogP contribution is 2.51. The Balaban J connectivity index is 1.22. The van der Waals surface area contributed by atoms with Crippen LogP contribution in [0.15, 0.2) is 237 Å². The lowest BCUT2D eigenvalue weighted by Gasteiger charge is -2.35. The Labute approximate surface area is 340 Å². The minimum atomic E-state index is -2.73. The van der Waals surface area contributed by atoms with Gasteiger partial charge in [0, 0.05) is 22.1 Å². The van der Waals surface area contributed by atoms with Crippen molar-refractivity contribution in [3.8, 4) is 5.69 Å². The Morgan fingerprint density at radius 2 is 0.638 bits per heavy atom. The quantitative estimate of drug-likeness (QED) is 0.124. The lowest BCUT2D eigenvalue weighted by Crippen LogP contribution is -2.74. The molecule has 0 fully saturated rings. The summed E-state index contributed by atoms with van der Waals surface area (Å²) in [6.45, 7) is 0. The second-order valence-corrected chi connectivity index (χ2v) is 18.7. The van der Waals surface area contributed by atoms with Crippen molar-refractivity contribution in [2.24, 2.45) is 0 Å². The van der Waals surface area contributed by atoms with Gasteiger partial charge in [-0.1, -0.05) is 176 Å². The molecule has 4 heteroatoms. The molecule has 0 saturated carbocycles. The summed E-state index contributed by atoms with van der Waals surface area (Å²) in [6.07, 6.45) is 0. The molecule has 58 heavy (non-hydrogen) atoms. The Morgan fingerprint density at radius 3 is 1.21 bits per heavy atom. The van der Waals surface area contributed by atoms with Gasteiger partial charge in [0.05, 0.1) is 39.5 Å². The van der Waals surface area contributed by atoms with E-state index in [0.29, 0.717) is 0 Å². The van der Waals surface area contributed by atoms with Gasteiger partial charge < -0.3 is 14.4 Å². The average molecular weight is 758 g/mol. The summed E-state index contributed by atoms with van der Waals surface area (Å²) in [5.74, 6) is 0. The minimum Gasteiger partial charge on any atom is -0.306 e. The molecule has 11 rings (SSSR count). The second kappa shape index (κ2) is 14.0. The predicted octanol–water partition coefficient (Wildman–Crippen LogP) is 11.4. The lowest BCUT2D eigenvalue weighted by atomic mass is 10.1. The smallest absolute Gasteiger partial charge is 0.179 e. The van der Waals surface area contributed by atoms with Gasteiger partial charge in [0.15, 0.2) is 8.07 Å². The summed E-state index contributed by atoms with van der Waals surface area (Å²) < 4.78 is 2.48. The van der Waals surface area contributed by atoms with E-state index in [1.54, 1.807) is 0 Å². The predicted molar refractivity (Wildman–Crippen MR) is 247 cm³/mol. The molecule has 0 bridgehead atoms. The van der Waals surface area contributed by atoms with Crippen LogP contribution in [0.3, 0.4) is 0 Å². The van der Waals surface area contributed by atoms with Crippen LogP contribution in [0.5, 0.6) is 0 Å². The highest BCUT2D eigenvalue weighted by atomic mass is 28.3. The highest BCUT2D eigenvalue weighted by Gasteiger charge is 2.41. The first-order chi connectivity index (χ1) is 28.8. The van der Waals surface area contributed by atoms with Gasteiger partial charge in [-0.2, -0.15) is 0 Å². The first-order valence-electron chi connectivity index (χ1n) is 20.0. The number of hydrogen-bond donors (Lipinski definition) is 0. The molecule has 1 aromatic heterocycles. The van der Waals surface area contributed by atoms with Crippen LogP contribution in [0, 0.1) is 0 Å². The average Bonchev–Trinajstić information content (AvgIpc) is 3.66. The maximum atomic E-state index is 2.48. The van der Waals surface area contributed by atoms with Gasteiger partial charge in [-0.25, -0.2) is 0 Å². The molecule has 0 unspecified atom stereocenters. The van der Waals surface area contributed by atoms with E-state index < -0.39 is 8.07 Å². The molecule has 1 aliphatic rings. The lowest BCUT2D eigenvalue weighted by molar-refractivity contribution is 1.15. The van der Waals surface area contributed by atoms with Crippen LogP contribution in [0.1, 0.15) is 0 Å². The maximum absolute atomic E-state index is 2.73. The number of nitrogens with zero attached hydrogens (tertiary/aromatic N) is 3. The van der Waals surface area contributed by atoms with Gasteiger partial charge in [-0.15, -0.1) is 0 Å². The van der Waals surface area contributed by atoms with Gasteiger partial charge >= 0.3 is 0 Å². The van der Waals surface area contributed by atoms with Gasteiger partial charge in [-0.05, 0) is 81.4 Å². The zero-order chi connectivity index (χ0) is 38.5. The number of para-hydroxylation sites is 7.